The third kappa shape index (κ3) is 3.55. The molecule has 0 unspecified atom stereocenters. The van der Waals surface area contributed by atoms with Crippen molar-refractivity contribution in [2.45, 2.75) is 20.1 Å². The molecule has 1 aromatic carbocycles. The Morgan fingerprint density at radius 2 is 1.95 bits per heavy atom. The minimum atomic E-state index is -0.00315. The molecule has 0 spiro atoms. The number of nitrogens with zero attached hydrogens (tertiary/aromatic N) is 1. The molecule has 0 bridgehead atoms. The standard InChI is InChI=1S/C14H13Br2NO2/c1-9-3-2-4-17-13(9)8-19-14-11(15)5-10(7-18)6-12(14)16/h2-6,18H,7-8H2,1H3. The van der Waals surface area contributed by atoms with Gasteiger partial charge in [-0.05, 0) is 68.1 Å². The van der Waals surface area contributed by atoms with Gasteiger partial charge >= 0.3 is 0 Å². The summed E-state index contributed by atoms with van der Waals surface area (Å²) in [6.45, 7) is 2.41. The SMILES string of the molecule is Cc1cccnc1COc1c(Br)cc(CO)cc1Br. The highest BCUT2D eigenvalue weighted by Gasteiger charge is 2.10. The van der Waals surface area contributed by atoms with Crippen molar-refractivity contribution in [1.29, 1.82) is 0 Å². The van der Waals surface area contributed by atoms with E-state index >= 15 is 0 Å². The van der Waals surface area contributed by atoms with Crippen molar-refractivity contribution in [2.75, 3.05) is 0 Å². The molecule has 1 N–H and O–H groups in total. The van der Waals surface area contributed by atoms with E-state index in [0.29, 0.717) is 12.4 Å². The lowest BCUT2D eigenvalue weighted by molar-refractivity contribution is 0.279. The number of hydrogen-bond donors (Lipinski definition) is 1. The Morgan fingerprint density at radius 3 is 2.53 bits per heavy atom. The first kappa shape index (κ1) is 14.5. The molecular formula is C14H13Br2NO2. The quantitative estimate of drug-likeness (QED) is 0.863. The van der Waals surface area contributed by atoms with Crippen molar-refractivity contribution in [3.63, 3.8) is 0 Å². The maximum absolute atomic E-state index is 9.13. The molecule has 100 valence electrons. The molecule has 3 nitrogen and oxygen atoms in total. The zero-order valence-corrected chi connectivity index (χ0v) is 13.5. The minimum Gasteiger partial charge on any atom is -0.485 e. The van der Waals surface area contributed by atoms with Crippen LogP contribution in [0.5, 0.6) is 5.75 Å². The molecule has 0 aliphatic heterocycles. The minimum absolute atomic E-state index is 0.00315. The van der Waals surface area contributed by atoms with Gasteiger partial charge in [-0.2, -0.15) is 0 Å². The van der Waals surface area contributed by atoms with E-state index in [2.05, 4.69) is 36.8 Å². The molecule has 0 fully saturated rings. The van der Waals surface area contributed by atoms with E-state index < -0.39 is 0 Å². The average Bonchev–Trinajstić information content (AvgIpc) is 2.39. The Labute approximate surface area is 128 Å². The van der Waals surface area contributed by atoms with Crippen LogP contribution < -0.4 is 4.74 Å². The highest BCUT2D eigenvalue weighted by molar-refractivity contribution is 9.11. The normalized spacial score (nSPS) is 10.5. The van der Waals surface area contributed by atoms with Crippen molar-refractivity contribution >= 4 is 31.9 Å². The van der Waals surface area contributed by atoms with Crippen molar-refractivity contribution < 1.29 is 9.84 Å². The fourth-order valence-electron chi connectivity index (χ4n) is 1.65. The van der Waals surface area contributed by atoms with E-state index in [-0.39, 0.29) is 6.61 Å². The van der Waals surface area contributed by atoms with Gasteiger partial charge in [-0.25, -0.2) is 0 Å². The number of halogens is 2. The molecule has 1 aromatic heterocycles. The lowest BCUT2D eigenvalue weighted by Gasteiger charge is -2.12. The number of benzene rings is 1. The summed E-state index contributed by atoms with van der Waals surface area (Å²) >= 11 is 6.89. The monoisotopic (exact) mass is 385 g/mol. The van der Waals surface area contributed by atoms with Crippen LogP contribution in [-0.2, 0) is 13.2 Å². The van der Waals surface area contributed by atoms with E-state index in [9.17, 15) is 0 Å². The summed E-state index contributed by atoms with van der Waals surface area (Å²) in [6, 6.07) is 7.59. The van der Waals surface area contributed by atoms with Crippen LogP contribution in [0.15, 0.2) is 39.4 Å². The second kappa shape index (κ2) is 6.50. The van der Waals surface area contributed by atoms with Gasteiger partial charge in [-0.15, -0.1) is 0 Å². The summed E-state index contributed by atoms with van der Waals surface area (Å²) in [5.41, 5.74) is 2.83. The molecule has 5 heteroatoms. The summed E-state index contributed by atoms with van der Waals surface area (Å²) in [4.78, 5) is 4.29. The van der Waals surface area contributed by atoms with Crippen molar-refractivity contribution in [3.8, 4) is 5.75 Å². The van der Waals surface area contributed by atoms with Crippen LogP contribution in [0.3, 0.4) is 0 Å². The van der Waals surface area contributed by atoms with Crippen LogP contribution >= 0.6 is 31.9 Å². The Kier molecular flexibility index (Phi) is 4.96. The smallest absolute Gasteiger partial charge is 0.148 e. The van der Waals surface area contributed by atoms with E-state index in [1.807, 2.05) is 31.2 Å². The van der Waals surface area contributed by atoms with Gasteiger partial charge in [-0.1, -0.05) is 6.07 Å². The van der Waals surface area contributed by atoms with Gasteiger partial charge < -0.3 is 9.84 Å². The average molecular weight is 387 g/mol. The van der Waals surface area contributed by atoms with Gasteiger partial charge in [0.1, 0.15) is 12.4 Å². The molecule has 0 atom stereocenters. The topological polar surface area (TPSA) is 42.4 Å². The number of hydrogen-bond acceptors (Lipinski definition) is 3. The third-order valence-corrected chi connectivity index (χ3v) is 3.89. The largest absolute Gasteiger partial charge is 0.485 e. The summed E-state index contributed by atoms with van der Waals surface area (Å²) in [7, 11) is 0. The highest BCUT2D eigenvalue weighted by atomic mass is 79.9. The molecule has 0 amide bonds. The summed E-state index contributed by atoms with van der Waals surface area (Å²) < 4.78 is 7.41. The van der Waals surface area contributed by atoms with E-state index in [0.717, 1.165) is 25.8 Å². The molecule has 0 aliphatic carbocycles. The first-order valence-electron chi connectivity index (χ1n) is 5.74. The molecule has 19 heavy (non-hydrogen) atoms. The third-order valence-electron chi connectivity index (χ3n) is 2.71. The number of aliphatic hydroxyl groups is 1. The second-order valence-corrected chi connectivity index (χ2v) is 5.81. The van der Waals surface area contributed by atoms with Crippen LogP contribution in [0, 0.1) is 6.92 Å². The maximum Gasteiger partial charge on any atom is 0.148 e. The van der Waals surface area contributed by atoms with E-state index in [1.54, 1.807) is 6.20 Å². The van der Waals surface area contributed by atoms with Gasteiger partial charge in [0.05, 0.1) is 21.2 Å². The Balaban J connectivity index is 2.18. The highest BCUT2D eigenvalue weighted by Crippen LogP contribution is 2.35. The van der Waals surface area contributed by atoms with Crippen LogP contribution in [0.4, 0.5) is 0 Å². The molecule has 0 saturated carbocycles. The molecule has 2 rings (SSSR count). The van der Waals surface area contributed by atoms with Gasteiger partial charge in [0, 0.05) is 6.20 Å². The molecule has 0 radical (unpaired) electrons. The molecule has 2 aromatic rings. The number of rotatable bonds is 4. The lowest BCUT2D eigenvalue weighted by atomic mass is 10.2. The number of ether oxygens (including phenoxy) is 1. The summed E-state index contributed by atoms with van der Waals surface area (Å²) in [5, 5.41) is 9.13. The first-order chi connectivity index (χ1) is 9.11. The number of aryl methyl sites for hydroxylation is 1. The zero-order valence-electron chi connectivity index (χ0n) is 10.4. The number of aliphatic hydroxyl groups excluding tert-OH is 1. The Bertz CT molecular complexity index is 564. The fourth-order valence-corrected chi connectivity index (χ4v) is 3.16. The van der Waals surface area contributed by atoms with Crippen molar-refractivity contribution in [3.05, 3.63) is 56.2 Å². The molecular weight excluding hydrogens is 374 g/mol. The second-order valence-electron chi connectivity index (χ2n) is 4.10. The van der Waals surface area contributed by atoms with Crippen LogP contribution in [0.25, 0.3) is 0 Å². The number of pyridine rings is 1. The predicted octanol–water partition coefficient (Wildman–Crippen LogP) is 3.99. The maximum atomic E-state index is 9.13. The molecule has 1 heterocycles. The first-order valence-corrected chi connectivity index (χ1v) is 7.32. The van der Waals surface area contributed by atoms with Gasteiger partial charge in [-0.3, -0.25) is 4.98 Å². The van der Waals surface area contributed by atoms with Gasteiger partial charge in [0.2, 0.25) is 0 Å². The predicted molar refractivity (Wildman–Crippen MR) is 81.1 cm³/mol. The Hall–Kier alpha value is -0.910. The van der Waals surface area contributed by atoms with Crippen molar-refractivity contribution in [2.24, 2.45) is 0 Å². The van der Waals surface area contributed by atoms with Crippen molar-refractivity contribution in [1.82, 2.24) is 4.98 Å². The van der Waals surface area contributed by atoms with Gasteiger partial charge in [0.25, 0.3) is 0 Å². The molecule has 0 saturated heterocycles. The molecule has 0 aliphatic rings. The van der Waals surface area contributed by atoms with E-state index in [4.69, 9.17) is 9.84 Å². The van der Waals surface area contributed by atoms with Crippen LogP contribution in [0.2, 0.25) is 0 Å². The van der Waals surface area contributed by atoms with Gasteiger partial charge in [0.15, 0.2) is 0 Å². The van der Waals surface area contributed by atoms with Crippen LogP contribution in [0.1, 0.15) is 16.8 Å². The number of aromatic nitrogens is 1. The fraction of sp³-hybridized carbons (Fsp3) is 0.214. The summed E-state index contributed by atoms with van der Waals surface area (Å²) in [5.74, 6) is 0.710. The van der Waals surface area contributed by atoms with E-state index in [1.165, 1.54) is 0 Å². The zero-order chi connectivity index (χ0) is 13.8. The van der Waals surface area contributed by atoms with Crippen LogP contribution in [-0.4, -0.2) is 10.1 Å². The lowest BCUT2D eigenvalue weighted by Crippen LogP contribution is -2.01. The summed E-state index contributed by atoms with van der Waals surface area (Å²) in [6.07, 6.45) is 1.75. The Morgan fingerprint density at radius 1 is 1.26 bits per heavy atom.